The van der Waals surface area contributed by atoms with Crippen molar-refractivity contribution in [2.24, 2.45) is 10.7 Å². The van der Waals surface area contributed by atoms with Crippen LogP contribution >= 0.6 is 24.0 Å². The van der Waals surface area contributed by atoms with Crippen molar-refractivity contribution in [1.82, 2.24) is 10.2 Å². The summed E-state index contributed by atoms with van der Waals surface area (Å²) in [5.74, 6) is 1.85. The number of ether oxygens (including phenoxy) is 2. The molecule has 0 unspecified atom stereocenters. The van der Waals surface area contributed by atoms with Gasteiger partial charge < -0.3 is 25.4 Å². The molecule has 0 fully saturated rings. The Bertz CT molecular complexity index is 852. The van der Waals surface area contributed by atoms with E-state index in [0.717, 1.165) is 17.5 Å². The van der Waals surface area contributed by atoms with Crippen LogP contribution in [0.25, 0.3) is 0 Å². The number of carbonyl (C=O) groups is 1. The van der Waals surface area contributed by atoms with Crippen LogP contribution in [0.1, 0.15) is 35.3 Å². The number of rotatable bonds is 10. The fourth-order valence-corrected chi connectivity index (χ4v) is 3.05. The lowest BCUT2D eigenvalue weighted by molar-refractivity contribution is 0.0773. The van der Waals surface area contributed by atoms with Crippen molar-refractivity contribution in [3.8, 4) is 11.5 Å². The number of guanidine groups is 1. The summed E-state index contributed by atoms with van der Waals surface area (Å²) in [5, 5.41) is 3.12. The van der Waals surface area contributed by atoms with Crippen molar-refractivity contribution >= 4 is 35.8 Å². The van der Waals surface area contributed by atoms with Gasteiger partial charge in [-0.2, -0.15) is 0 Å². The Labute approximate surface area is 202 Å². The number of nitrogens with two attached hydrogens (primary N) is 1. The second-order valence-electron chi connectivity index (χ2n) is 6.74. The molecular formula is C23H33IN4O3. The van der Waals surface area contributed by atoms with Gasteiger partial charge in [0.15, 0.2) is 17.5 Å². The Morgan fingerprint density at radius 2 is 1.61 bits per heavy atom. The number of hydrogen-bond acceptors (Lipinski definition) is 4. The minimum atomic E-state index is 0. The molecule has 0 atom stereocenters. The summed E-state index contributed by atoms with van der Waals surface area (Å²) < 4.78 is 10.6. The summed E-state index contributed by atoms with van der Waals surface area (Å²) in [7, 11) is 3.24. The van der Waals surface area contributed by atoms with Gasteiger partial charge in [-0.3, -0.25) is 4.79 Å². The quantitative estimate of drug-likeness (QED) is 0.274. The third-order valence-electron chi connectivity index (χ3n) is 4.85. The molecule has 0 saturated carbocycles. The van der Waals surface area contributed by atoms with E-state index in [1.165, 1.54) is 0 Å². The van der Waals surface area contributed by atoms with Gasteiger partial charge in [-0.15, -0.1) is 24.0 Å². The number of nitrogens with zero attached hydrogens (tertiary/aromatic N) is 2. The van der Waals surface area contributed by atoms with Crippen molar-refractivity contribution in [1.29, 1.82) is 0 Å². The minimum absolute atomic E-state index is 0. The molecule has 170 valence electrons. The van der Waals surface area contributed by atoms with Crippen LogP contribution in [0.15, 0.2) is 47.5 Å². The van der Waals surface area contributed by atoms with E-state index in [2.05, 4.69) is 10.3 Å². The highest BCUT2D eigenvalue weighted by Crippen LogP contribution is 2.27. The maximum absolute atomic E-state index is 12.3. The molecule has 31 heavy (non-hydrogen) atoms. The van der Waals surface area contributed by atoms with Crippen molar-refractivity contribution in [3.05, 3.63) is 59.2 Å². The Hall–Kier alpha value is -2.49. The Morgan fingerprint density at radius 1 is 1.00 bits per heavy atom. The molecule has 0 radical (unpaired) electrons. The Balaban J connectivity index is 0.00000480. The van der Waals surface area contributed by atoms with Crippen molar-refractivity contribution in [2.45, 2.75) is 26.8 Å². The molecule has 0 spiro atoms. The molecule has 0 aliphatic heterocycles. The van der Waals surface area contributed by atoms with Crippen LogP contribution in [0.4, 0.5) is 0 Å². The van der Waals surface area contributed by atoms with E-state index in [1.807, 2.05) is 56.3 Å². The van der Waals surface area contributed by atoms with Gasteiger partial charge in [0.05, 0.1) is 20.8 Å². The van der Waals surface area contributed by atoms with Gasteiger partial charge in [0.25, 0.3) is 5.91 Å². The summed E-state index contributed by atoms with van der Waals surface area (Å²) >= 11 is 0. The highest BCUT2D eigenvalue weighted by atomic mass is 127. The van der Waals surface area contributed by atoms with Crippen LogP contribution in [0.2, 0.25) is 0 Å². The van der Waals surface area contributed by atoms with Gasteiger partial charge in [0, 0.05) is 25.2 Å². The van der Waals surface area contributed by atoms with E-state index in [4.69, 9.17) is 15.2 Å². The van der Waals surface area contributed by atoms with Gasteiger partial charge in [-0.1, -0.05) is 18.2 Å². The third-order valence-corrected chi connectivity index (χ3v) is 4.85. The summed E-state index contributed by atoms with van der Waals surface area (Å²) in [6, 6.07) is 13.3. The summed E-state index contributed by atoms with van der Waals surface area (Å²) in [6.07, 6.45) is 0.777. The van der Waals surface area contributed by atoms with Crippen LogP contribution in [0.5, 0.6) is 11.5 Å². The predicted octanol–water partition coefficient (Wildman–Crippen LogP) is 3.45. The first-order valence-corrected chi connectivity index (χ1v) is 10.1. The largest absolute Gasteiger partial charge is 0.493 e. The number of amides is 1. The molecule has 0 aromatic heterocycles. The second kappa shape index (κ2) is 13.7. The van der Waals surface area contributed by atoms with Gasteiger partial charge in [0.2, 0.25) is 0 Å². The number of halogens is 1. The molecule has 8 heteroatoms. The lowest BCUT2D eigenvalue weighted by atomic mass is 10.1. The SMILES string of the molecule is CCN(CC)C(=O)c1ccc(CN=C(N)NCCc2ccc(OC)c(OC)c2)cc1.I. The molecule has 0 bridgehead atoms. The lowest BCUT2D eigenvalue weighted by Gasteiger charge is -2.18. The van der Waals surface area contributed by atoms with E-state index in [-0.39, 0.29) is 29.9 Å². The summed E-state index contributed by atoms with van der Waals surface area (Å²) in [5.41, 5.74) is 8.77. The first-order valence-electron chi connectivity index (χ1n) is 10.1. The highest BCUT2D eigenvalue weighted by Gasteiger charge is 2.11. The molecule has 0 aliphatic carbocycles. The van der Waals surface area contributed by atoms with Crippen molar-refractivity contribution in [3.63, 3.8) is 0 Å². The van der Waals surface area contributed by atoms with Crippen LogP contribution in [0.3, 0.4) is 0 Å². The maximum atomic E-state index is 12.3. The topological polar surface area (TPSA) is 89.2 Å². The van der Waals surface area contributed by atoms with Gasteiger partial charge in [0.1, 0.15) is 0 Å². The van der Waals surface area contributed by atoms with Crippen LogP contribution < -0.4 is 20.5 Å². The summed E-state index contributed by atoms with van der Waals surface area (Å²) in [6.45, 7) is 6.47. The number of carbonyl (C=O) groups excluding carboxylic acids is 1. The van der Waals surface area contributed by atoms with Gasteiger partial charge >= 0.3 is 0 Å². The first kappa shape index (κ1) is 26.5. The van der Waals surface area contributed by atoms with Gasteiger partial charge in [-0.05, 0) is 55.7 Å². The van der Waals surface area contributed by atoms with Crippen LogP contribution in [-0.4, -0.2) is 50.6 Å². The number of hydrogen-bond donors (Lipinski definition) is 2. The number of nitrogens with one attached hydrogen (secondary N) is 1. The first-order chi connectivity index (χ1) is 14.5. The fourth-order valence-electron chi connectivity index (χ4n) is 3.05. The van der Waals surface area contributed by atoms with E-state index in [0.29, 0.717) is 49.2 Å². The van der Waals surface area contributed by atoms with Crippen molar-refractivity contribution < 1.29 is 14.3 Å². The van der Waals surface area contributed by atoms with E-state index in [1.54, 1.807) is 19.1 Å². The fraction of sp³-hybridized carbons (Fsp3) is 0.391. The zero-order valence-corrected chi connectivity index (χ0v) is 21.0. The standard InChI is InChI=1S/C23H32N4O3.HI/c1-5-27(6-2)22(28)19-10-7-18(8-11-19)16-26-23(24)25-14-13-17-9-12-20(29-3)21(15-17)30-4;/h7-12,15H,5-6,13-14,16H2,1-4H3,(H3,24,25,26);1H. The maximum Gasteiger partial charge on any atom is 0.253 e. The molecule has 0 saturated heterocycles. The van der Waals surface area contributed by atoms with Crippen molar-refractivity contribution in [2.75, 3.05) is 33.9 Å². The summed E-state index contributed by atoms with van der Waals surface area (Å²) in [4.78, 5) is 18.5. The van der Waals surface area contributed by atoms with E-state index < -0.39 is 0 Å². The molecule has 0 heterocycles. The Morgan fingerprint density at radius 3 is 2.19 bits per heavy atom. The highest BCUT2D eigenvalue weighted by molar-refractivity contribution is 14.0. The minimum Gasteiger partial charge on any atom is -0.493 e. The molecule has 2 aromatic rings. The zero-order valence-electron chi connectivity index (χ0n) is 18.7. The molecular weight excluding hydrogens is 507 g/mol. The molecule has 2 aromatic carbocycles. The smallest absolute Gasteiger partial charge is 0.253 e. The number of benzene rings is 2. The number of aliphatic imine (C=N–C) groups is 1. The average molecular weight is 540 g/mol. The zero-order chi connectivity index (χ0) is 21.9. The van der Waals surface area contributed by atoms with Gasteiger partial charge in [-0.25, -0.2) is 4.99 Å². The third kappa shape index (κ3) is 7.93. The number of methoxy groups -OCH3 is 2. The average Bonchev–Trinajstić information content (AvgIpc) is 2.78. The van der Waals surface area contributed by atoms with Crippen LogP contribution in [0, 0.1) is 0 Å². The predicted molar refractivity (Wildman–Crippen MR) is 136 cm³/mol. The second-order valence-corrected chi connectivity index (χ2v) is 6.74. The molecule has 2 rings (SSSR count). The normalized spacial score (nSPS) is 10.8. The molecule has 0 aliphatic rings. The monoisotopic (exact) mass is 540 g/mol. The molecule has 7 nitrogen and oxygen atoms in total. The van der Waals surface area contributed by atoms with E-state index >= 15 is 0 Å². The Kier molecular flexibility index (Phi) is 11.8. The lowest BCUT2D eigenvalue weighted by Crippen LogP contribution is -2.33. The van der Waals surface area contributed by atoms with E-state index in [9.17, 15) is 4.79 Å². The molecule has 3 N–H and O–H groups in total. The van der Waals surface area contributed by atoms with Crippen LogP contribution in [-0.2, 0) is 13.0 Å². The molecule has 1 amide bonds.